The van der Waals surface area contributed by atoms with Crippen LogP contribution in [0, 0.1) is 0 Å². The first kappa shape index (κ1) is 32.3. The maximum absolute atomic E-state index is 11.8. The first-order valence-corrected chi connectivity index (χ1v) is 15.6. The summed E-state index contributed by atoms with van der Waals surface area (Å²) in [7, 11) is 0. The topological polar surface area (TPSA) is 121 Å². The average Bonchev–Trinajstić information content (AvgIpc) is 2.97. The number of hydrogen-bond acceptors (Lipinski definition) is 6. The molecule has 0 radical (unpaired) electrons. The highest BCUT2D eigenvalue weighted by molar-refractivity contribution is 5.90. The summed E-state index contributed by atoms with van der Waals surface area (Å²) in [5.41, 5.74) is 9.75. The fourth-order valence-corrected chi connectivity index (χ4v) is 6.61. The predicted octanol–water partition coefficient (Wildman–Crippen LogP) is 6.43. The van der Waals surface area contributed by atoms with Crippen LogP contribution in [0.2, 0.25) is 0 Å². The van der Waals surface area contributed by atoms with Crippen molar-refractivity contribution >= 4 is 17.6 Å². The third kappa shape index (κ3) is 8.06. The van der Waals surface area contributed by atoms with E-state index in [-0.39, 0.29) is 5.91 Å². The van der Waals surface area contributed by atoms with E-state index in [4.69, 9.17) is 5.73 Å². The van der Waals surface area contributed by atoms with Crippen molar-refractivity contribution in [1.82, 2.24) is 15.1 Å². The number of hydrogen-bond donors (Lipinski definition) is 3. The first-order valence-electron chi connectivity index (χ1n) is 15.6. The van der Waals surface area contributed by atoms with Gasteiger partial charge in [-0.3, -0.25) is 9.59 Å². The van der Waals surface area contributed by atoms with Crippen LogP contribution in [-0.4, -0.2) is 49.7 Å². The van der Waals surface area contributed by atoms with E-state index >= 15 is 0 Å². The molecule has 3 aromatic rings. The average molecular weight is 586 g/mol. The number of anilines is 1. The molecular formula is C35H47N5O3. The lowest BCUT2D eigenvalue weighted by Gasteiger charge is -2.49. The second-order valence-corrected chi connectivity index (χ2v) is 12.7. The van der Waals surface area contributed by atoms with Gasteiger partial charge >= 0.3 is 0 Å². The molecule has 2 aliphatic carbocycles. The lowest BCUT2D eigenvalue weighted by Crippen LogP contribution is -2.58. The summed E-state index contributed by atoms with van der Waals surface area (Å²) in [6.45, 7) is 9.46. The molecule has 8 heteroatoms. The standard InChI is InChI=1S/C23H24N4O2.C12H23NO/c1-15(28)25-20-12-19(16-6-4-3-5-7-16)21(27-26-20)17-8-10-18(11-9-17)23(24)13-22(2,29)14-23;1-4-12(14)13(10(2)3)11-8-6-5-7-9-11/h3-12,29H,13-14,24H2,1-2H3,(H,25,26,28);10-11H,4-9H2,1-3H3. The number of aromatic nitrogens is 2. The summed E-state index contributed by atoms with van der Waals surface area (Å²) in [5.74, 6) is 0.543. The van der Waals surface area contributed by atoms with E-state index in [1.54, 1.807) is 0 Å². The Hall–Kier alpha value is -3.62. The molecule has 43 heavy (non-hydrogen) atoms. The number of nitrogens with one attached hydrogen (secondary N) is 1. The van der Waals surface area contributed by atoms with Crippen LogP contribution >= 0.6 is 0 Å². The normalized spacial score (nSPS) is 21.8. The van der Waals surface area contributed by atoms with Crippen molar-refractivity contribution in [3.63, 3.8) is 0 Å². The molecule has 0 unspecified atom stereocenters. The van der Waals surface area contributed by atoms with Crippen molar-refractivity contribution < 1.29 is 14.7 Å². The Kier molecular flexibility index (Phi) is 10.4. The van der Waals surface area contributed by atoms with E-state index in [1.165, 1.54) is 39.0 Å². The molecule has 1 aromatic heterocycles. The molecular weight excluding hydrogens is 538 g/mol. The van der Waals surface area contributed by atoms with Crippen LogP contribution in [0.25, 0.3) is 22.4 Å². The van der Waals surface area contributed by atoms with E-state index < -0.39 is 11.1 Å². The SMILES string of the molecule is CC(=O)Nc1cc(-c2ccccc2)c(-c2ccc(C3(N)CC(C)(O)C3)cc2)nn1.CCC(=O)N(C(C)C)C1CCCCC1. The molecule has 0 saturated heterocycles. The van der Waals surface area contributed by atoms with Crippen LogP contribution in [0.15, 0.2) is 60.7 Å². The number of nitrogens with zero attached hydrogens (tertiary/aromatic N) is 3. The summed E-state index contributed by atoms with van der Waals surface area (Å²) in [5, 5.41) is 21.3. The molecule has 2 fully saturated rings. The zero-order valence-corrected chi connectivity index (χ0v) is 26.3. The third-order valence-corrected chi connectivity index (χ3v) is 8.42. The fourth-order valence-electron chi connectivity index (χ4n) is 6.61. The molecule has 8 nitrogen and oxygen atoms in total. The van der Waals surface area contributed by atoms with Gasteiger partial charge in [-0.2, -0.15) is 0 Å². The van der Waals surface area contributed by atoms with Gasteiger partial charge in [0, 0.05) is 42.1 Å². The second kappa shape index (κ2) is 13.8. The van der Waals surface area contributed by atoms with Gasteiger partial charge in [-0.25, -0.2) is 0 Å². The molecule has 230 valence electrons. The van der Waals surface area contributed by atoms with Crippen molar-refractivity contribution in [1.29, 1.82) is 0 Å². The maximum atomic E-state index is 11.8. The Morgan fingerprint density at radius 2 is 1.63 bits per heavy atom. The van der Waals surface area contributed by atoms with Gasteiger partial charge in [0.25, 0.3) is 0 Å². The first-order chi connectivity index (χ1) is 20.4. The minimum atomic E-state index is -0.696. The summed E-state index contributed by atoms with van der Waals surface area (Å²) in [6, 6.07) is 20.5. The highest BCUT2D eigenvalue weighted by Crippen LogP contribution is 2.46. The van der Waals surface area contributed by atoms with Crippen LogP contribution in [-0.2, 0) is 15.1 Å². The van der Waals surface area contributed by atoms with E-state index in [1.807, 2.05) is 74.5 Å². The Morgan fingerprint density at radius 3 is 2.16 bits per heavy atom. The third-order valence-electron chi connectivity index (χ3n) is 8.42. The number of carbonyl (C=O) groups is 2. The molecule has 0 atom stereocenters. The fraction of sp³-hybridized carbons (Fsp3) is 0.486. The van der Waals surface area contributed by atoms with Crippen LogP contribution < -0.4 is 11.1 Å². The molecule has 1 heterocycles. The molecule has 2 saturated carbocycles. The van der Waals surface area contributed by atoms with Crippen LogP contribution in [0.1, 0.15) is 91.5 Å². The van der Waals surface area contributed by atoms with E-state index in [2.05, 4.69) is 34.3 Å². The summed E-state index contributed by atoms with van der Waals surface area (Å²) in [6.07, 6.45) is 8.10. The molecule has 2 aliphatic rings. The smallest absolute Gasteiger partial charge is 0.222 e. The van der Waals surface area contributed by atoms with Crippen molar-refractivity contribution in [3.8, 4) is 22.4 Å². The summed E-state index contributed by atoms with van der Waals surface area (Å²) < 4.78 is 0. The van der Waals surface area contributed by atoms with Crippen molar-refractivity contribution in [3.05, 3.63) is 66.2 Å². The lowest BCUT2D eigenvalue weighted by molar-refractivity contribution is -0.136. The molecule has 5 rings (SSSR count). The maximum Gasteiger partial charge on any atom is 0.222 e. The van der Waals surface area contributed by atoms with Crippen molar-refractivity contribution in [2.75, 3.05) is 5.32 Å². The molecule has 0 spiro atoms. The minimum Gasteiger partial charge on any atom is -0.390 e. The summed E-state index contributed by atoms with van der Waals surface area (Å²) >= 11 is 0. The van der Waals surface area contributed by atoms with Gasteiger partial charge < -0.3 is 21.1 Å². The number of rotatable bonds is 7. The quantitative estimate of drug-likeness (QED) is 0.294. The largest absolute Gasteiger partial charge is 0.390 e. The highest BCUT2D eigenvalue weighted by Gasteiger charge is 2.49. The monoisotopic (exact) mass is 585 g/mol. The molecule has 4 N–H and O–H groups in total. The van der Waals surface area contributed by atoms with Gasteiger partial charge in [0.15, 0.2) is 5.82 Å². The molecule has 0 bridgehead atoms. The summed E-state index contributed by atoms with van der Waals surface area (Å²) in [4.78, 5) is 25.3. The van der Waals surface area contributed by atoms with Crippen molar-refractivity contribution in [2.45, 2.75) is 109 Å². The Bertz CT molecular complexity index is 1370. The lowest BCUT2D eigenvalue weighted by atomic mass is 9.63. The number of aliphatic hydroxyl groups is 1. The highest BCUT2D eigenvalue weighted by atomic mass is 16.3. The Balaban J connectivity index is 0.000000255. The van der Waals surface area contributed by atoms with E-state index in [9.17, 15) is 14.7 Å². The van der Waals surface area contributed by atoms with Gasteiger partial charge in [-0.05, 0) is 63.6 Å². The molecule has 2 aromatic carbocycles. The molecule has 2 amide bonds. The van der Waals surface area contributed by atoms with Gasteiger partial charge in [-0.1, -0.05) is 80.8 Å². The minimum absolute atomic E-state index is 0.194. The number of carbonyl (C=O) groups excluding carboxylic acids is 2. The number of benzene rings is 2. The zero-order valence-electron chi connectivity index (χ0n) is 26.3. The van der Waals surface area contributed by atoms with Gasteiger partial charge in [-0.15, -0.1) is 10.2 Å². The van der Waals surface area contributed by atoms with Gasteiger partial charge in [0.1, 0.15) is 5.69 Å². The van der Waals surface area contributed by atoms with E-state index in [0.29, 0.717) is 43.1 Å². The van der Waals surface area contributed by atoms with Gasteiger partial charge in [0.05, 0.1) is 5.60 Å². The van der Waals surface area contributed by atoms with Crippen LogP contribution in [0.4, 0.5) is 5.82 Å². The van der Waals surface area contributed by atoms with Crippen molar-refractivity contribution in [2.24, 2.45) is 5.73 Å². The molecule has 0 aliphatic heterocycles. The Labute approximate surface area is 256 Å². The van der Waals surface area contributed by atoms with E-state index in [0.717, 1.165) is 27.9 Å². The van der Waals surface area contributed by atoms with Crippen LogP contribution in [0.5, 0.6) is 0 Å². The second-order valence-electron chi connectivity index (χ2n) is 12.7. The number of nitrogens with two attached hydrogens (primary N) is 1. The zero-order chi connectivity index (χ0) is 31.2. The number of amides is 2. The van der Waals surface area contributed by atoms with Gasteiger partial charge in [0.2, 0.25) is 11.8 Å². The van der Waals surface area contributed by atoms with Crippen LogP contribution in [0.3, 0.4) is 0 Å². The Morgan fingerprint density at radius 1 is 1.00 bits per heavy atom. The predicted molar refractivity (Wildman–Crippen MR) is 172 cm³/mol.